The van der Waals surface area contributed by atoms with Crippen LogP contribution in [0.2, 0.25) is 0 Å². The summed E-state index contributed by atoms with van der Waals surface area (Å²) in [6, 6.07) is 5.12. The molecule has 0 spiro atoms. The van der Waals surface area contributed by atoms with Crippen molar-refractivity contribution in [3.05, 3.63) is 41.6 Å². The fourth-order valence-corrected chi connectivity index (χ4v) is 3.28. The lowest BCUT2D eigenvalue weighted by molar-refractivity contribution is 0.327. The summed E-state index contributed by atoms with van der Waals surface area (Å²) in [7, 11) is 1.99. The first-order valence-corrected chi connectivity index (χ1v) is 8.02. The SMILES string of the molecule is CNC(Cc1ccn(C2CCCCC2)n1)c1coc(C)c1. The zero-order valence-electron chi connectivity index (χ0n) is 13.0. The van der Waals surface area contributed by atoms with Crippen LogP contribution in [0.3, 0.4) is 0 Å². The molecule has 0 aliphatic heterocycles. The molecule has 0 radical (unpaired) electrons. The van der Waals surface area contributed by atoms with Crippen LogP contribution < -0.4 is 5.32 Å². The minimum Gasteiger partial charge on any atom is -0.469 e. The van der Waals surface area contributed by atoms with E-state index in [0.29, 0.717) is 6.04 Å². The highest BCUT2D eigenvalue weighted by molar-refractivity contribution is 5.18. The highest BCUT2D eigenvalue weighted by Gasteiger charge is 2.18. The predicted molar refractivity (Wildman–Crippen MR) is 83.3 cm³/mol. The van der Waals surface area contributed by atoms with E-state index in [1.54, 1.807) is 0 Å². The standard InChI is InChI=1S/C17H25N3O/c1-13-10-14(12-21-13)17(18-2)11-15-8-9-20(19-15)16-6-4-3-5-7-16/h8-10,12,16-18H,3-7,11H2,1-2H3. The highest BCUT2D eigenvalue weighted by Crippen LogP contribution is 2.28. The van der Waals surface area contributed by atoms with E-state index >= 15 is 0 Å². The summed E-state index contributed by atoms with van der Waals surface area (Å²) in [6.07, 6.45) is 11.5. The van der Waals surface area contributed by atoms with Gasteiger partial charge in [-0.2, -0.15) is 5.10 Å². The van der Waals surface area contributed by atoms with Gasteiger partial charge in [-0.25, -0.2) is 0 Å². The van der Waals surface area contributed by atoms with Gasteiger partial charge in [0.05, 0.1) is 18.0 Å². The number of furan rings is 1. The Morgan fingerprint density at radius 2 is 2.19 bits per heavy atom. The molecule has 21 heavy (non-hydrogen) atoms. The van der Waals surface area contributed by atoms with E-state index in [9.17, 15) is 0 Å². The Bertz CT molecular complexity index is 566. The molecule has 4 nitrogen and oxygen atoms in total. The van der Waals surface area contributed by atoms with Gasteiger partial charge in [-0.3, -0.25) is 4.68 Å². The number of hydrogen-bond acceptors (Lipinski definition) is 3. The zero-order chi connectivity index (χ0) is 14.7. The molecule has 114 valence electrons. The van der Waals surface area contributed by atoms with E-state index < -0.39 is 0 Å². The maximum absolute atomic E-state index is 5.42. The minimum absolute atomic E-state index is 0.261. The van der Waals surface area contributed by atoms with Crippen LogP contribution in [0.5, 0.6) is 0 Å². The number of aromatic nitrogens is 2. The molecule has 3 rings (SSSR count). The van der Waals surface area contributed by atoms with Crippen LogP contribution in [0.15, 0.2) is 29.0 Å². The fraction of sp³-hybridized carbons (Fsp3) is 0.588. The van der Waals surface area contributed by atoms with Crippen molar-refractivity contribution in [2.75, 3.05) is 7.05 Å². The van der Waals surface area contributed by atoms with Gasteiger partial charge in [-0.15, -0.1) is 0 Å². The van der Waals surface area contributed by atoms with Crippen molar-refractivity contribution in [2.24, 2.45) is 0 Å². The molecule has 1 saturated carbocycles. The Morgan fingerprint density at radius 1 is 1.38 bits per heavy atom. The Kier molecular flexibility index (Phi) is 4.44. The van der Waals surface area contributed by atoms with E-state index in [1.165, 1.54) is 37.7 Å². The maximum atomic E-state index is 5.42. The second kappa shape index (κ2) is 6.48. The largest absolute Gasteiger partial charge is 0.469 e. The van der Waals surface area contributed by atoms with E-state index in [-0.39, 0.29) is 6.04 Å². The molecule has 1 fully saturated rings. The molecule has 1 aliphatic rings. The lowest BCUT2D eigenvalue weighted by Gasteiger charge is -2.22. The molecule has 0 amide bonds. The van der Waals surface area contributed by atoms with E-state index in [2.05, 4.69) is 28.3 Å². The van der Waals surface area contributed by atoms with Crippen molar-refractivity contribution in [2.45, 2.75) is 57.5 Å². The summed E-state index contributed by atoms with van der Waals surface area (Å²) in [4.78, 5) is 0. The lowest BCUT2D eigenvalue weighted by Crippen LogP contribution is -2.19. The number of nitrogens with zero attached hydrogens (tertiary/aromatic N) is 2. The van der Waals surface area contributed by atoms with Crippen LogP contribution in [0.1, 0.15) is 61.2 Å². The van der Waals surface area contributed by atoms with Gasteiger partial charge >= 0.3 is 0 Å². The first-order valence-electron chi connectivity index (χ1n) is 8.02. The van der Waals surface area contributed by atoms with Gasteiger partial charge in [-0.05, 0) is 38.9 Å². The maximum Gasteiger partial charge on any atom is 0.101 e. The van der Waals surface area contributed by atoms with Crippen molar-refractivity contribution >= 4 is 0 Å². The molecule has 1 atom stereocenters. The molecule has 2 aromatic heterocycles. The number of aryl methyl sites for hydroxylation is 1. The fourth-order valence-electron chi connectivity index (χ4n) is 3.28. The normalized spacial score (nSPS) is 18.0. The average Bonchev–Trinajstić information content (AvgIpc) is 3.15. The molecule has 2 heterocycles. The monoisotopic (exact) mass is 287 g/mol. The summed E-state index contributed by atoms with van der Waals surface area (Å²) in [5.41, 5.74) is 2.35. The second-order valence-electron chi connectivity index (χ2n) is 6.11. The van der Waals surface area contributed by atoms with Crippen LogP contribution in [0.4, 0.5) is 0 Å². The van der Waals surface area contributed by atoms with Gasteiger partial charge in [0.1, 0.15) is 5.76 Å². The molecule has 2 aromatic rings. The van der Waals surface area contributed by atoms with Gasteiger partial charge in [0, 0.05) is 24.2 Å². The van der Waals surface area contributed by atoms with Crippen molar-refractivity contribution in [3.8, 4) is 0 Å². The third-order valence-corrected chi connectivity index (χ3v) is 4.53. The van der Waals surface area contributed by atoms with Crippen molar-refractivity contribution in [1.82, 2.24) is 15.1 Å². The van der Waals surface area contributed by atoms with E-state index in [1.807, 2.05) is 20.2 Å². The first-order chi connectivity index (χ1) is 10.3. The molecule has 0 bridgehead atoms. The molecular weight excluding hydrogens is 262 g/mol. The van der Waals surface area contributed by atoms with Gasteiger partial charge in [-0.1, -0.05) is 19.3 Å². The Morgan fingerprint density at radius 3 is 2.86 bits per heavy atom. The lowest BCUT2D eigenvalue weighted by atomic mass is 9.96. The molecule has 1 unspecified atom stereocenters. The molecule has 1 aliphatic carbocycles. The summed E-state index contributed by atoms with van der Waals surface area (Å²) in [5.74, 6) is 0.956. The third-order valence-electron chi connectivity index (χ3n) is 4.53. The smallest absolute Gasteiger partial charge is 0.101 e. The third kappa shape index (κ3) is 3.38. The predicted octanol–water partition coefficient (Wildman–Crippen LogP) is 3.79. The number of likely N-dealkylation sites (N-methyl/N-ethyl adjacent to an activating group) is 1. The molecule has 0 aromatic carbocycles. The van der Waals surface area contributed by atoms with E-state index in [4.69, 9.17) is 9.52 Å². The Labute approximate surface area is 126 Å². The molecule has 0 saturated heterocycles. The zero-order valence-corrected chi connectivity index (χ0v) is 13.0. The number of hydrogen-bond donors (Lipinski definition) is 1. The van der Waals surface area contributed by atoms with Gasteiger partial charge in [0.2, 0.25) is 0 Å². The first kappa shape index (κ1) is 14.4. The Hall–Kier alpha value is -1.55. The number of rotatable bonds is 5. The van der Waals surface area contributed by atoms with E-state index in [0.717, 1.165) is 17.9 Å². The van der Waals surface area contributed by atoms with Crippen LogP contribution in [-0.4, -0.2) is 16.8 Å². The van der Waals surface area contributed by atoms with Gasteiger partial charge in [0.25, 0.3) is 0 Å². The highest BCUT2D eigenvalue weighted by atomic mass is 16.3. The molecular formula is C17H25N3O. The minimum atomic E-state index is 0.261. The van der Waals surface area contributed by atoms with Crippen LogP contribution >= 0.6 is 0 Å². The van der Waals surface area contributed by atoms with Crippen LogP contribution in [0, 0.1) is 6.92 Å². The Balaban J connectivity index is 1.68. The summed E-state index contributed by atoms with van der Waals surface area (Å²) >= 11 is 0. The van der Waals surface area contributed by atoms with Gasteiger partial charge in [0.15, 0.2) is 0 Å². The van der Waals surface area contributed by atoms with Crippen LogP contribution in [0.25, 0.3) is 0 Å². The number of nitrogens with one attached hydrogen (secondary N) is 1. The average molecular weight is 287 g/mol. The molecule has 1 N–H and O–H groups in total. The quantitative estimate of drug-likeness (QED) is 0.909. The second-order valence-corrected chi connectivity index (χ2v) is 6.11. The summed E-state index contributed by atoms with van der Waals surface area (Å²) in [5, 5.41) is 8.16. The van der Waals surface area contributed by atoms with Crippen molar-refractivity contribution in [3.63, 3.8) is 0 Å². The molecule has 4 heteroatoms. The van der Waals surface area contributed by atoms with Crippen molar-refractivity contribution < 1.29 is 4.42 Å². The van der Waals surface area contributed by atoms with Gasteiger partial charge < -0.3 is 9.73 Å². The topological polar surface area (TPSA) is 43.0 Å². The van der Waals surface area contributed by atoms with Crippen molar-refractivity contribution in [1.29, 1.82) is 0 Å². The summed E-state index contributed by atoms with van der Waals surface area (Å²) < 4.78 is 7.60. The van der Waals surface area contributed by atoms with Crippen LogP contribution in [-0.2, 0) is 6.42 Å². The summed E-state index contributed by atoms with van der Waals surface area (Å²) in [6.45, 7) is 1.98.